The van der Waals surface area contributed by atoms with E-state index in [4.69, 9.17) is 4.74 Å². The molecule has 146 valence electrons. The van der Waals surface area contributed by atoms with Crippen molar-refractivity contribution in [3.63, 3.8) is 0 Å². The molecule has 26 heavy (non-hydrogen) atoms. The van der Waals surface area contributed by atoms with Crippen LogP contribution in [0, 0.1) is 17.8 Å². The van der Waals surface area contributed by atoms with Gasteiger partial charge in [0.2, 0.25) is 5.91 Å². The summed E-state index contributed by atoms with van der Waals surface area (Å²) in [6.07, 6.45) is 4.37. The standard InChI is InChI=1S/C20H33N3O3/c1-4-21(13(3)24)10-17-18-11-22(12-19(17)18)16-8-14-6-7-15(9-16)23(14)20(25)26-5-2/h14-19H,4-12H2,1-3H3. The molecule has 0 radical (unpaired) electrons. The second-order valence-electron chi connectivity index (χ2n) is 8.62. The van der Waals surface area contributed by atoms with Gasteiger partial charge in [-0.2, -0.15) is 0 Å². The van der Waals surface area contributed by atoms with Crippen LogP contribution in [0.2, 0.25) is 0 Å². The molecule has 4 atom stereocenters. The molecule has 1 saturated carbocycles. The van der Waals surface area contributed by atoms with Gasteiger partial charge < -0.3 is 14.5 Å². The normalized spacial score (nSPS) is 38.2. The number of likely N-dealkylation sites (tertiary alicyclic amines) is 1. The number of ether oxygens (including phenoxy) is 1. The lowest BCUT2D eigenvalue weighted by atomic mass is 9.96. The summed E-state index contributed by atoms with van der Waals surface area (Å²) >= 11 is 0. The SMILES string of the molecule is CCOC(=O)N1C2CCC1CC(N1CC3C(CN(CC)C(C)=O)C3C1)C2. The molecule has 3 heterocycles. The summed E-state index contributed by atoms with van der Waals surface area (Å²) in [6.45, 7) is 10.2. The molecule has 4 fully saturated rings. The maximum absolute atomic E-state index is 12.2. The van der Waals surface area contributed by atoms with E-state index in [0.717, 1.165) is 50.6 Å². The van der Waals surface area contributed by atoms with Gasteiger partial charge in [0.25, 0.3) is 0 Å². The van der Waals surface area contributed by atoms with Crippen molar-refractivity contribution in [1.29, 1.82) is 0 Å². The zero-order chi connectivity index (χ0) is 18.4. The van der Waals surface area contributed by atoms with E-state index < -0.39 is 0 Å². The van der Waals surface area contributed by atoms with Crippen molar-refractivity contribution in [1.82, 2.24) is 14.7 Å². The van der Waals surface area contributed by atoms with E-state index in [0.29, 0.717) is 30.7 Å². The van der Waals surface area contributed by atoms with Gasteiger partial charge >= 0.3 is 6.09 Å². The van der Waals surface area contributed by atoms with E-state index in [1.165, 1.54) is 13.1 Å². The molecular formula is C20H33N3O3. The maximum atomic E-state index is 12.2. The molecule has 0 N–H and O–H groups in total. The molecule has 6 nitrogen and oxygen atoms in total. The minimum atomic E-state index is -0.105. The van der Waals surface area contributed by atoms with Gasteiger partial charge in [-0.3, -0.25) is 9.69 Å². The lowest BCUT2D eigenvalue weighted by Gasteiger charge is -2.42. The number of piperidine rings is 2. The van der Waals surface area contributed by atoms with E-state index in [1.54, 1.807) is 6.92 Å². The number of carbonyl (C=O) groups is 2. The molecule has 4 aliphatic rings. The monoisotopic (exact) mass is 363 g/mol. The molecular weight excluding hydrogens is 330 g/mol. The van der Waals surface area contributed by atoms with Gasteiger partial charge in [-0.15, -0.1) is 0 Å². The summed E-state index contributed by atoms with van der Waals surface area (Å²) in [4.78, 5) is 30.6. The van der Waals surface area contributed by atoms with Crippen molar-refractivity contribution in [2.24, 2.45) is 17.8 Å². The number of hydrogen-bond acceptors (Lipinski definition) is 4. The molecule has 4 rings (SSSR count). The second kappa shape index (κ2) is 7.02. The van der Waals surface area contributed by atoms with Gasteiger partial charge in [0.15, 0.2) is 0 Å². The van der Waals surface area contributed by atoms with Crippen molar-refractivity contribution in [2.45, 2.75) is 64.6 Å². The van der Waals surface area contributed by atoms with Crippen LogP contribution in [0.4, 0.5) is 4.79 Å². The quantitative estimate of drug-likeness (QED) is 0.751. The smallest absolute Gasteiger partial charge is 0.410 e. The Bertz CT molecular complexity index is 543. The Balaban J connectivity index is 1.29. The van der Waals surface area contributed by atoms with Crippen LogP contribution < -0.4 is 0 Å². The largest absolute Gasteiger partial charge is 0.450 e. The summed E-state index contributed by atoms with van der Waals surface area (Å²) < 4.78 is 5.27. The van der Waals surface area contributed by atoms with Crippen LogP contribution in [0.15, 0.2) is 0 Å². The highest BCUT2D eigenvalue weighted by atomic mass is 16.6. The van der Waals surface area contributed by atoms with Crippen molar-refractivity contribution < 1.29 is 14.3 Å². The third kappa shape index (κ3) is 3.10. The summed E-state index contributed by atoms with van der Waals surface area (Å²) in [7, 11) is 0. The zero-order valence-corrected chi connectivity index (χ0v) is 16.4. The molecule has 2 amide bonds. The summed E-state index contributed by atoms with van der Waals surface area (Å²) in [5, 5.41) is 0. The van der Waals surface area contributed by atoms with Gasteiger partial charge in [0.1, 0.15) is 0 Å². The van der Waals surface area contributed by atoms with Crippen molar-refractivity contribution in [2.75, 3.05) is 32.8 Å². The minimum absolute atomic E-state index is 0.105. The van der Waals surface area contributed by atoms with Crippen LogP contribution >= 0.6 is 0 Å². The molecule has 1 aliphatic carbocycles. The number of amides is 2. The molecule has 2 bridgehead atoms. The van der Waals surface area contributed by atoms with E-state index in [9.17, 15) is 9.59 Å². The fraction of sp³-hybridized carbons (Fsp3) is 0.900. The Morgan fingerprint density at radius 3 is 2.15 bits per heavy atom. The van der Waals surface area contributed by atoms with Gasteiger partial charge in [-0.25, -0.2) is 4.79 Å². The first kappa shape index (κ1) is 18.1. The number of carbonyl (C=O) groups excluding carboxylic acids is 2. The summed E-state index contributed by atoms with van der Waals surface area (Å²) in [5.41, 5.74) is 0. The highest BCUT2D eigenvalue weighted by Crippen LogP contribution is 2.53. The fourth-order valence-corrected chi connectivity index (χ4v) is 5.93. The van der Waals surface area contributed by atoms with Gasteiger partial charge in [0, 0.05) is 51.2 Å². The third-order valence-corrected chi connectivity index (χ3v) is 7.36. The first-order valence-electron chi connectivity index (χ1n) is 10.5. The molecule has 4 unspecified atom stereocenters. The first-order valence-corrected chi connectivity index (χ1v) is 10.5. The van der Waals surface area contributed by atoms with Crippen molar-refractivity contribution in [3.05, 3.63) is 0 Å². The first-order chi connectivity index (χ1) is 12.5. The predicted molar refractivity (Wildman–Crippen MR) is 98.7 cm³/mol. The Morgan fingerprint density at radius 2 is 1.65 bits per heavy atom. The molecule has 6 heteroatoms. The Kier molecular flexibility index (Phi) is 4.88. The fourth-order valence-electron chi connectivity index (χ4n) is 5.93. The highest BCUT2D eigenvalue weighted by Gasteiger charge is 2.58. The van der Waals surface area contributed by atoms with E-state index in [-0.39, 0.29) is 12.0 Å². The second-order valence-corrected chi connectivity index (χ2v) is 8.62. The topological polar surface area (TPSA) is 53.1 Å². The van der Waals surface area contributed by atoms with E-state index in [2.05, 4.69) is 11.8 Å². The number of fused-ring (bicyclic) bond motifs is 3. The van der Waals surface area contributed by atoms with Gasteiger partial charge in [0.05, 0.1) is 6.61 Å². The van der Waals surface area contributed by atoms with Crippen LogP contribution in [0.5, 0.6) is 0 Å². The lowest BCUT2D eigenvalue weighted by molar-refractivity contribution is -0.129. The Labute approximate surface area is 156 Å². The highest BCUT2D eigenvalue weighted by molar-refractivity contribution is 5.73. The average molecular weight is 364 g/mol. The van der Waals surface area contributed by atoms with E-state index >= 15 is 0 Å². The Hall–Kier alpha value is -1.30. The van der Waals surface area contributed by atoms with Gasteiger partial charge in [-0.05, 0) is 57.3 Å². The third-order valence-electron chi connectivity index (χ3n) is 7.36. The van der Waals surface area contributed by atoms with Crippen LogP contribution in [-0.4, -0.2) is 77.6 Å². The van der Waals surface area contributed by atoms with E-state index in [1.807, 2.05) is 16.7 Å². The molecule has 0 spiro atoms. The predicted octanol–water partition coefficient (Wildman–Crippen LogP) is 2.18. The lowest BCUT2D eigenvalue weighted by Crippen LogP contribution is -2.52. The molecule has 0 aromatic rings. The van der Waals surface area contributed by atoms with Crippen molar-refractivity contribution >= 4 is 12.0 Å². The molecule has 3 aliphatic heterocycles. The Morgan fingerprint density at radius 1 is 1.04 bits per heavy atom. The number of hydrogen-bond donors (Lipinski definition) is 0. The number of nitrogens with zero attached hydrogens (tertiary/aromatic N) is 3. The van der Waals surface area contributed by atoms with Crippen LogP contribution in [-0.2, 0) is 9.53 Å². The average Bonchev–Trinajstić information content (AvgIpc) is 2.93. The number of rotatable bonds is 5. The summed E-state index contributed by atoms with van der Waals surface area (Å²) in [5.74, 6) is 2.48. The maximum Gasteiger partial charge on any atom is 0.410 e. The molecule has 3 saturated heterocycles. The van der Waals surface area contributed by atoms with Crippen LogP contribution in [0.25, 0.3) is 0 Å². The molecule has 0 aromatic heterocycles. The minimum Gasteiger partial charge on any atom is -0.450 e. The van der Waals surface area contributed by atoms with Gasteiger partial charge in [-0.1, -0.05) is 0 Å². The zero-order valence-electron chi connectivity index (χ0n) is 16.4. The van der Waals surface area contributed by atoms with Crippen LogP contribution in [0.1, 0.15) is 46.5 Å². The molecule has 0 aromatic carbocycles. The van der Waals surface area contributed by atoms with Crippen molar-refractivity contribution in [3.8, 4) is 0 Å². The summed E-state index contributed by atoms with van der Waals surface area (Å²) in [6, 6.07) is 1.37. The van der Waals surface area contributed by atoms with Crippen LogP contribution in [0.3, 0.4) is 0 Å².